The van der Waals surface area contributed by atoms with E-state index in [1.807, 2.05) is 37.3 Å². The fourth-order valence-electron chi connectivity index (χ4n) is 3.45. The molecule has 0 bridgehead atoms. The lowest BCUT2D eigenvalue weighted by atomic mass is 10.1. The van der Waals surface area contributed by atoms with Gasteiger partial charge in [-0.1, -0.05) is 59.1 Å². The summed E-state index contributed by atoms with van der Waals surface area (Å²) in [5.41, 5.74) is 2.28. The molecule has 0 atom stereocenters. The van der Waals surface area contributed by atoms with E-state index in [0.29, 0.717) is 49.2 Å². The molecular weight excluding hydrogens is 656 g/mol. The quantitative estimate of drug-likeness (QED) is 0.177. The summed E-state index contributed by atoms with van der Waals surface area (Å²) >= 11 is 21.4. The smallest absolute Gasteiger partial charge is 0.293 e. The second kappa shape index (κ2) is 12.1. The zero-order valence-corrected chi connectivity index (χ0v) is 24.1. The first-order valence-electron chi connectivity index (χ1n) is 10.8. The number of rotatable bonds is 8. The van der Waals surface area contributed by atoms with Crippen molar-refractivity contribution in [1.29, 1.82) is 0 Å². The highest BCUT2D eigenvalue weighted by molar-refractivity contribution is 14.1. The van der Waals surface area contributed by atoms with E-state index >= 15 is 0 Å². The summed E-state index contributed by atoms with van der Waals surface area (Å²) in [4.78, 5) is 27.1. The number of nitrogens with zero attached hydrogens (tertiary/aromatic N) is 1. The fraction of sp³-hybridized carbons (Fsp3) is 0.154. The monoisotopic (exact) mass is 673 g/mol. The van der Waals surface area contributed by atoms with Crippen LogP contribution < -0.4 is 9.47 Å². The van der Waals surface area contributed by atoms with Gasteiger partial charge in [0.2, 0.25) is 0 Å². The molecule has 4 rings (SSSR count). The van der Waals surface area contributed by atoms with Crippen molar-refractivity contribution in [2.75, 3.05) is 6.61 Å². The molecule has 0 aliphatic carbocycles. The maximum absolute atomic E-state index is 13.0. The minimum Gasteiger partial charge on any atom is -0.490 e. The molecule has 36 heavy (non-hydrogen) atoms. The Hall–Kier alpha value is -1.91. The lowest BCUT2D eigenvalue weighted by Gasteiger charge is -2.15. The standard InChI is InChI=1S/C26H19Cl3INO4S/c1-2-34-22-11-16(10-21(30)24(22)35-14-17-5-3-4-6-18(17)27)12-23-25(32)31(26(33)36-23)13-15-7-8-19(28)20(29)9-15/h3-12H,2,13-14H2,1H3/b23-12-. The predicted octanol–water partition coefficient (Wildman–Crippen LogP) is 8.47. The van der Waals surface area contributed by atoms with Crippen molar-refractivity contribution >= 4 is 86.4 Å². The van der Waals surface area contributed by atoms with Crippen molar-refractivity contribution in [3.05, 3.63) is 94.8 Å². The van der Waals surface area contributed by atoms with E-state index in [4.69, 9.17) is 44.3 Å². The van der Waals surface area contributed by atoms with Crippen molar-refractivity contribution in [3.8, 4) is 11.5 Å². The number of imide groups is 1. The summed E-state index contributed by atoms with van der Waals surface area (Å²) < 4.78 is 12.7. The van der Waals surface area contributed by atoms with Gasteiger partial charge in [-0.2, -0.15) is 0 Å². The number of hydrogen-bond donors (Lipinski definition) is 0. The Morgan fingerprint density at radius 2 is 1.75 bits per heavy atom. The molecule has 2 amide bonds. The minimum absolute atomic E-state index is 0.107. The van der Waals surface area contributed by atoms with Crippen molar-refractivity contribution in [2.24, 2.45) is 0 Å². The highest BCUT2D eigenvalue weighted by Crippen LogP contribution is 2.38. The first kappa shape index (κ1) is 27.1. The van der Waals surface area contributed by atoms with E-state index in [-0.39, 0.29) is 24.3 Å². The lowest BCUT2D eigenvalue weighted by molar-refractivity contribution is -0.123. The van der Waals surface area contributed by atoms with Crippen LogP contribution >= 0.6 is 69.2 Å². The van der Waals surface area contributed by atoms with E-state index in [0.717, 1.165) is 20.9 Å². The van der Waals surface area contributed by atoms with Crippen LogP contribution in [0.15, 0.2) is 59.5 Å². The van der Waals surface area contributed by atoms with Gasteiger partial charge in [-0.15, -0.1) is 0 Å². The number of carbonyl (C=O) groups excluding carboxylic acids is 2. The second-order valence-electron chi connectivity index (χ2n) is 7.66. The van der Waals surface area contributed by atoms with Crippen LogP contribution in [0.25, 0.3) is 6.08 Å². The van der Waals surface area contributed by atoms with Crippen LogP contribution in [0.1, 0.15) is 23.6 Å². The SMILES string of the molecule is CCOc1cc(/C=C2\SC(=O)N(Cc3ccc(Cl)c(Cl)c3)C2=O)cc(I)c1OCc1ccccc1Cl. The highest BCUT2D eigenvalue weighted by Gasteiger charge is 2.35. The van der Waals surface area contributed by atoms with E-state index in [1.54, 1.807) is 30.3 Å². The van der Waals surface area contributed by atoms with Gasteiger partial charge in [0.1, 0.15) is 6.61 Å². The Morgan fingerprint density at radius 3 is 2.47 bits per heavy atom. The van der Waals surface area contributed by atoms with Gasteiger partial charge in [-0.05, 0) is 88.8 Å². The Labute approximate surface area is 241 Å². The van der Waals surface area contributed by atoms with E-state index < -0.39 is 0 Å². The van der Waals surface area contributed by atoms with Crippen molar-refractivity contribution in [3.63, 3.8) is 0 Å². The molecule has 0 aromatic heterocycles. The van der Waals surface area contributed by atoms with Crippen molar-refractivity contribution < 1.29 is 19.1 Å². The summed E-state index contributed by atoms with van der Waals surface area (Å²) in [6, 6.07) is 16.2. The van der Waals surface area contributed by atoms with Gasteiger partial charge < -0.3 is 9.47 Å². The Morgan fingerprint density at radius 1 is 0.972 bits per heavy atom. The number of ether oxygens (including phenoxy) is 2. The third-order valence-corrected chi connectivity index (χ3v) is 7.97. The molecule has 1 fully saturated rings. The third kappa shape index (κ3) is 6.31. The van der Waals surface area contributed by atoms with Crippen molar-refractivity contribution in [1.82, 2.24) is 4.90 Å². The van der Waals surface area contributed by atoms with Crippen LogP contribution in [0.2, 0.25) is 15.1 Å². The number of thioether (sulfide) groups is 1. The first-order chi connectivity index (χ1) is 17.3. The molecule has 1 heterocycles. The summed E-state index contributed by atoms with van der Waals surface area (Å²) in [6.07, 6.45) is 1.68. The zero-order valence-electron chi connectivity index (χ0n) is 18.9. The largest absolute Gasteiger partial charge is 0.490 e. The summed E-state index contributed by atoms with van der Waals surface area (Å²) in [6.45, 7) is 2.70. The van der Waals surface area contributed by atoms with Crippen LogP contribution in [0, 0.1) is 3.57 Å². The summed E-state index contributed by atoms with van der Waals surface area (Å²) in [5, 5.41) is 1.05. The first-order valence-corrected chi connectivity index (χ1v) is 13.8. The number of hydrogen-bond acceptors (Lipinski definition) is 5. The van der Waals surface area contributed by atoms with Gasteiger partial charge in [0.25, 0.3) is 11.1 Å². The second-order valence-corrected chi connectivity index (χ2v) is 11.0. The summed E-state index contributed by atoms with van der Waals surface area (Å²) in [5.74, 6) is 0.753. The van der Waals surface area contributed by atoms with Crippen LogP contribution in [0.3, 0.4) is 0 Å². The Bertz CT molecular complexity index is 1370. The topological polar surface area (TPSA) is 55.8 Å². The highest BCUT2D eigenvalue weighted by atomic mass is 127. The number of carbonyl (C=O) groups is 2. The number of benzene rings is 3. The van der Waals surface area contributed by atoms with Crippen LogP contribution in [-0.4, -0.2) is 22.7 Å². The molecule has 0 saturated carbocycles. The molecule has 186 valence electrons. The zero-order chi connectivity index (χ0) is 25.8. The molecule has 1 aliphatic rings. The molecule has 3 aromatic rings. The van der Waals surface area contributed by atoms with Crippen LogP contribution in [0.4, 0.5) is 4.79 Å². The third-order valence-electron chi connectivity index (χ3n) is 5.16. The van der Waals surface area contributed by atoms with E-state index in [2.05, 4.69) is 22.6 Å². The number of halogens is 4. The molecule has 1 aliphatic heterocycles. The van der Waals surface area contributed by atoms with Gasteiger partial charge in [-0.3, -0.25) is 14.5 Å². The van der Waals surface area contributed by atoms with E-state index in [1.165, 1.54) is 4.90 Å². The average molecular weight is 675 g/mol. The predicted molar refractivity (Wildman–Crippen MR) is 154 cm³/mol. The van der Waals surface area contributed by atoms with Gasteiger partial charge in [0.15, 0.2) is 11.5 Å². The van der Waals surface area contributed by atoms with Gasteiger partial charge in [-0.25, -0.2) is 0 Å². The molecule has 10 heteroatoms. The van der Waals surface area contributed by atoms with Crippen LogP contribution in [0.5, 0.6) is 11.5 Å². The van der Waals surface area contributed by atoms with Gasteiger partial charge in [0.05, 0.1) is 31.7 Å². The van der Waals surface area contributed by atoms with Gasteiger partial charge >= 0.3 is 0 Å². The molecule has 1 saturated heterocycles. The Kier molecular flexibility index (Phi) is 9.11. The number of amides is 2. The molecular formula is C26H19Cl3INO4S. The minimum atomic E-state index is -0.372. The average Bonchev–Trinajstić information content (AvgIpc) is 3.09. The fourth-order valence-corrected chi connectivity index (χ4v) is 5.58. The molecule has 0 unspecified atom stereocenters. The van der Waals surface area contributed by atoms with Gasteiger partial charge in [0, 0.05) is 10.6 Å². The molecule has 0 radical (unpaired) electrons. The molecule has 0 N–H and O–H groups in total. The Balaban J connectivity index is 1.56. The normalized spacial score (nSPS) is 14.6. The maximum Gasteiger partial charge on any atom is 0.293 e. The maximum atomic E-state index is 13.0. The lowest BCUT2D eigenvalue weighted by Crippen LogP contribution is -2.27. The molecule has 5 nitrogen and oxygen atoms in total. The molecule has 0 spiro atoms. The summed E-state index contributed by atoms with van der Waals surface area (Å²) in [7, 11) is 0. The molecule has 3 aromatic carbocycles. The van der Waals surface area contributed by atoms with Crippen LogP contribution in [-0.2, 0) is 17.9 Å². The van der Waals surface area contributed by atoms with E-state index in [9.17, 15) is 9.59 Å². The van der Waals surface area contributed by atoms with Crippen molar-refractivity contribution in [2.45, 2.75) is 20.1 Å².